The Morgan fingerprint density at radius 3 is 2.93 bits per heavy atom. The van der Waals surface area contributed by atoms with Crippen LogP contribution in [0.25, 0.3) is 11.2 Å². The van der Waals surface area contributed by atoms with Crippen LogP contribution < -0.4 is 9.88 Å². The summed E-state index contributed by atoms with van der Waals surface area (Å²) in [6, 6.07) is 0. The Balaban J connectivity index is 2.42. The zero-order valence-corrected chi connectivity index (χ0v) is 8.41. The Hall–Kier alpha value is -1.65. The Kier molecular flexibility index (Phi) is 2.30. The first-order valence-corrected chi connectivity index (χ1v) is 4.82. The minimum Gasteiger partial charge on any atom is -0.340 e. The van der Waals surface area contributed by atoms with Crippen LogP contribution in [0, 0.1) is 0 Å². The van der Waals surface area contributed by atoms with Gasteiger partial charge in [0.1, 0.15) is 5.52 Å². The molecule has 5 nitrogen and oxygen atoms in total. The molecule has 0 aliphatic heterocycles. The number of aromatic nitrogens is 4. The van der Waals surface area contributed by atoms with Gasteiger partial charge in [0.15, 0.2) is 0 Å². The highest BCUT2D eigenvalue weighted by atomic mass is 15.2. The number of fused-ring (bicyclic) bond motifs is 1. The van der Waals surface area contributed by atoms with E-state index in [-0.39, 0.29) is 0 Å². The van der Waals surface area contributed by atoms with E-state index in [4.69, 9.17) is 0 Å². The number of aromatic amines is 2. The highest BCUT2D eigenvalue weighted by molar-refractivity contribution is 5.68. The van der Waals surface area contributed by atoms with Crippen LogP contribution >= 0.6 is 0 Å². The van der Waals surface area contributed by atoms with Gasteiger partial charge in [0.05, 0.1) is 25.6 Å². The van der Waals surface area contributed by atoms with Gasteiger partial charge in [-0.25, -0.2) is 9.97 Å². The molecule has 5 heteroatoms. The molecule has 0 atom stereocenters. The lowest BCUT2D eigenvalue weighted by molar-refractivity contribution is -0.366. The topological polar surface area (TPSA) is 59.0 Å². The normalized spacial score (nSPS) is 10.7. The SMILES string of the molecule is CCN(CC)c1nc2nc[nH]c2c[nH+]1. The van der Waals surface area contributed by atoms with Gasteiger partial charge in [0, 0.05) is 0 Å². The molecule has 2 N–H and O–H groups in total. The molecule has 0 bridgehead atoms. The van der Waals surface area contributed by atoms with E-state index in [1.807, 2.05) is 6.20 Å². The summed E-state index contributed by atoms with van der Waals surface area (Å²) in [4.78, 5) is 16.8. The highest BCUT2D eigenvalue weighted by Gasteiger charge is 2.14. The van der Waals surface area contributed by atoms with E-state index in [1.165, 1.54) is 0 Å². The fourth-order valence-corrected chi connectivity index (χ4v) is 1.45. The zero-order valence-electron chi connectivity index (χ0n) is 8.41. The van der Waals surface area contributed by atoms with E-state index in [0.29, 0.717) is 0 Å². The smallest absolute Gasteiger partial charge is 0.340 e. The molecule has 0 spiro atoms. The Labute approximate surface area is 82.2 Å². The number of hydrogen-bond donors (Lipinski definition) is 1. The van der Waals surface area contributed by atoms with Crippen molar-refractivity contribution >= 4 is 17.1 Å². The molecule has 14 heavy (non-hydrogen) atoms. The molecule has 0 saturated carbocycles. The molecule has 0 radical (unpaired) electrons. The molecular weight excluding hydrogens is 178 g/mol. The Bertz CT molecular complexity index is 418. The molecule has 0 fully saturated rings. The van der Waals surface area contributed by atoms with Gasteiger partial charge >= 0.3 is 5.95 Å². The largest absolute Gasteiger partial charge is 0.393 e. The van der Waals surface area contributed by atoms with Gasteiger partial charge in [0.2, 0.25) is 0 Å². The van der Waals surface area contributed by atoms with Crippen LogP contribution in [0.2, 0.25) is 0 Å². The standard InChI is InChI=1S/C9H13N5/c1-3-14(4-2)9-10-5-7-8(13-9)12-6-11-7/h5-6H,3-4H2,1-2H3,(H,10,11,12,13)/p+1. The van der Waals surface area contributed by atoms with E-state index in [2.05, 4.69) is 38.7 Å². The molecule has 0 aliphatic rings. The summed E-state index contributed by atoms with van der Waals surface area (Å²) in [5.74, 6) is 0.870. The second kappa shape index (κ2) is 3.61. The molecule has 74 valence electrons. The fraction of sp³-hybridized carbons (Fsp3) is 0.444. The third kappa shape index (κ3) is 1.41. The number of H-pyrrole nitrogens is 2. The second-order valence-electron chi connectivity index (χ2n) is 3.04. The van der Waals surface area contributed by atoms with E-state index in [0.717, 1.165) is 30.2 Å². The molecule has 2 rings (SSSR count). The van der Waals surface area contributed by atoms with Gasteiger partial charge in [-0.1, -0.05) is 0 Å². The van der Waals surface area contributed by atoms with Crippen molar-refractivity contribution in [2.75, 3.05) is 18.0 Å². The third-order valence-electron chi connectivity index (χ3n) is 2.27. The maximum atomic E-state index is 4.41. The summed E-state index contributed by atoms with van der Waals surface area (Å²) in [5, 5.41) is 0. The third-order valence-corrected chi connectivity index (χ3v) is 2.27. The van der Waals surface area contributed by atoms with Crippen molar-refractivity contribution in [2.45, 2.75) is 13.8 Å². The quantitative estimate of drug-likeness (QED) is 0.775. The van der Waals surface area contributed by atoms with E-state index >= 15 is 0 Å². The number of hydrogen-bond acceptors (Lipinski definition) is 3. The number of imidazole rings is 1. The van der Waals surface area contributed by atoms with Crippen molar-refractivity contribution in [3.8, 4) is 0 Å². The van der Waals surface area contributed by atoms with Crippen molar-refractivity contribution in [1.29, 1.82) is 0 Å². The van der Waals surface area contributed by atoms with Crippen LogP contribution in [0.3, 0.4) is 0 Å². The van der Waals surface area contributed by atoms with Crippen molar-refractivity contribution in [2.24, 2.45) is 0 Å². The van der Waals surface area contributed by atoms with Crippen LogP contribution in [-0.2, 0) is 0 Å². The minimum atomic E-state index is 0.755. The summed E-state index contributed by atoms with van der Waals surface area (Å²) in [7, 11) is 0. The molecule has 0 unspecified atom stereocenters. The Morgan fingerprint density at radius 2 is 2.21 bits per heavy atom. The van der Waals surface area contributed by atoms with Crippen molar-refractivity contribution in [3.63, 3.8) is 0 Å². The lowest BCUT2D eigenvalue weighted by Gasteiger charge is -2.09. The number of nitrogens with zero attached hydrogens (tertiary/aromatic N) is 3. The lowest BCUT2D eigenvalue weighted by atomic mass is 10.5. The zero-order chi connectivity index (χ0) is 9.97. The van der Waals surface area contributed by atoms with E-state index in [1.54, 1.807) is 6.33 Å². The van der Waals surface area contributed by atoms with Crippen molar-refractivity contribution in [1.82, 2.24) is 15.0 Å². The second-order valence-corrected chi connectivity index (χ2v) is 3.04. The Morgan fingerprint density at radius 1 is 1.43 bits per heavy atom. The van der Waals surface area contributed by atoms with E-state index in [9.17, 15) is 0 Å². The van der Waals surface area contributed by atoms with Crippen LogP contribution in [0.4, 0.5) is 5.95 Å². The summed E-state index contributed by atoms with van der Waals surface area (Å²) < 4.78 is 0. The van der Waals surface area contributed by atoms with Gasteiger partial charge in [-0.15, -0.1) is 0 Å². The maximum Gasteiger partial charge on any atom is 0.393 e. The summed E-state index contributed by atoms with van der Waals surface area (Å²) in [6.07, 6.45) is 3.54. The van der Waals surface area contributed by atoms with Crippen LogP contribution in [0.1, 0.15) is 13.8 Å². The predicted molar refractivity (Wildman–Crippen MR) is 54.0 cm³/mol. The fourth-order valence-electron chi connectivity index (χ4n) is 1.45. The maximum absolute atomic E-state index is 4.41. The van der Waals surface area contributed by atoms with Gasteiger partial charge < -0.3 is 4.98 Å². The molecular formula is C9H14N5+. The molecule has 2 aromatic rings. The average Bonchev–Trinajstić information content (AvgIpc) is 2.66. The van der Waals surface area contributed by atoms with Crippen molar-refractivity contribution in [3.05, 3.63) is 12.5 Å². The summed E-state index contributed by atoms with van der Waals surface area (Å²) >= 11 is 0. The first-order chi connectivity index (χ1) is 6.85. The number of anilines is 1. The predicted octanol–water partition coefficient (Wildman–Crippen LogP) is 0.618. The van der Waals surface area contributed by atoms with Gasteiger partial charge in [0.25, 0.3) is 5.65 Å². The minimum absolute atomic E-state index is 0.755. The van der Waals surface area contributed by atoms with Gasteiger partial charge in [-0.2, -0.15) is 0 Å². The molecule has 2 aromatic heterocycles. The van der Waals surface area contributed by atoms with Gasteiger partial charge in [-0.3, -0.25) is 4.90 Å². The molecule has 0 aromatic carbocycles. The highest BCUT2D eigenvalue weighted by Crippen LogP contribution is 2.07. The molecule has 2 heterocycles. The molecule has 0 aliphatic carbocycles. The first-order valence-electron chi connectivity index (χ1n) is 4.82. The van der Waals surface area contributed by atoms with E-state index < -0.39 is 0 Å². The monoisotopic (exact) mass is 192 g/mol. The molecule has 0 saturated heterocycles. The molecule has 0 amide bonds. The number of nitrogens with one attached hydrogen (secondary N) is 2. The van der Waals surface area contributed by atoms with Crippen LogP contribution in [0.5, 0.6) is 0 Å². The lowest BCUT2D eigenvalue weighted by Crippen LogP contribution is -2.29. The van der Waals surface area contributed by atoms with Gasteiger partial charge in [-0.05, 0) is 18.8 Å². The summed E-state index contributed by atoms with van der Waals surface area (Å²) in [5.41, 5.74) is 1.69. The van der Waals surface area contributed by atoms with Crippen molar-refractivity contribution < 1.29 is 4.98 Å². The van der Waals surface area contributed by atoms with Crippen LogP contribution in [0.15, 0.2) is 12.5 Å². The summed E-state index contributed by atoms with van der Waals surface area (Å²) in [6.45, 7) is 6.09. The first kappa shape index (κ1) is 8.93. The average molecular weight is 192 g/mol. The van der Waals surface area contributed by atoms with Crippen LogP contribution in [-0.4, -0.2) is 28.0 Å². The number of rotatable bonds is 3.